The molecule has 4 heteroatoms. The molecule has 0 bridgehead atoms. The highest BCUT2D eigenvalue weighted by atomic mass is 16.5. The van der Waals surface area contributed by atoms with E-state index in [2.05, 4.69) is 58.6 Å². The minimum Gasteiger partial charge on any atom is -0.489 e. The van der Waals surface area contributed by atoms with Gasteiger partial charge in [-0.15, -0.1) is 0 Å². The molecule has 1 heterocycles. The van der Waals surface area contributed by atoms with Gasteiger partial charge in [-0.2, -0.15) is 0 Å². The molecule has 1 aromatic heterocycles. The summed E-state index contributed by atoms with van der Waals surface area (Å²) >= 11 is 0. The molecule has 0 amide bonds. The molecule has 0 radical (unpaired) electrons. The number of hydrogen-bond acceptors (Lipinski definition) is 3. The molecule has 0 aliphatic rings. The number of para-hydroxylation sites is 2. The lowest BCUT2D eigenvalue weighted by Gasteiger charge is -2.10. The normalized spacial score (nSPS) is 11.0. The van der Waals surface area contributed by atoms with Gasteiger partial charge in [0, 0.05) is 19.5 Å². The monoisotopic (exact) mass is 371 g/mol. The van der Waals surface area contributed by atoms with Crippen LogP contribution in [0.15, 0.2) is 72.8 Å². The maximum Gasteiger partial charge on any atom is 0.120 e. The Balaban J connectivity index is 1.27. The summed E-state index contributed by atoms with van der Waals surface area (Å²) in [6.45, 7) is 4.38. The van der Waals surface area contributed by atoms with Gasteiger partial charge >= 0.3 is 0 Å². The molecule has 4 rings (SSSR count). The molecule has 0 aliphatic heterocycles. The van der Waals surface area contributed by atoms with Gasteiger partial charge in [-0.05, 0) is 47.9 Å². The fourth-order valence-corrected chi connectivity index (χ4v) is 3.24. The van der Waals surface area contributed by atoms with Gasteiger partial charge in [0.15, 0.2) is 0 Å². The number of imidazole rings is 1. The Morgan fingerprint density at radius 1 is 0.964 bits per heavy atom. The van der Waals surface area contributed by atoms with E-state index < -0.39 is 0 Å². The van der Waals surface area contributed by atoms with Crippen LogP contribution in [0.5, 0.6) is 5.75 Å². The molecule has 3 aromatic carbocycles. The third-order valence-corrected chi connectivity index (χ3v) is 4.86. The van der Waals surface area contributed by atoms with Gasteiger partial charge in [0.2, 0.25) is 0 Å². The second-order valence-corrected chi connectivity index (χ2v) is 6.99. The lowest BCUT2D eigenvalue weighted by atomic mass is 10.1. The molecule has 142 valence electrons. The van der Waals surface area contributed by atoms with Gasteiger partial charge in [0.25, 0.3) is 0 Å². The van der Waals surface area contributed by atoms with Crippen LogP contribution < -0.4 is 10.1 Å². The van der Waals surface area contributed by atoms with Crippen LogP contribution in [-0.2, 0) is 19.6 Å². The van der Waals surface area contributed by atoms with Crippen molar-refractivity contribution in [1.82, 2.24) is 15.3 Å². The number of ether oxygens (including phenoxy) is 1. The Kier molecular flexibility index (Phi) is 5.69. The first-order valence-corrected chi connectivity index (χ1v) is 9.68. The van der Waals surface area contributed by atoms with Crippen molar-refractivity contribution in [2.75, 3.05) is 6.54 Å². The van der Waals surface area contributed by atoms with Crippen LogP contribution in [0.3, 0.4) is 0 Å². The third kappa shape index (κ3) is 4.59. The summed E-state index contributed by atoms with van der Waals surface area (Å²) in [5, 5.41) is 3.49. The SMILES string of the molecule is Cc1ccccc1COc1cccc(CNCCc2nc3ccccc3[nH]2)c1. The Morgan fingerprint density at radius 3 is 2.71 bits per heavy atom. The van der Waals surface area contributed by atoms with Gasteiger partial charge in [-0.3, -0.25) is 0 Å². The van der Waals surface area contributed by atoms with Crippen molar-refractivity contribution >= 4 is 11.0 Å². The van der Waals surface area contributed by atoms with Crippen molar-refractivity contribution in [3.63, 3.8) is 0 Å². The highest BCUT2D eigenvalue weighted by Gasteiger charge is 2.03. The Labute approximate surface area is 165 Å². The molecule has 0 fully saturated rings. The minimum atomic E-state index is 0.593. The summed E-state index contributed by atoms with van der Waals surface area (Å²) in [4.78, 5) is 7.99. The molecule has 0 aliphatic carbocycles. The first-order chi connectivity index (χ1) is 13.8. The molecule has 0 unspecified atom stereocenters. The van der Waals surface area contributed by atoms with E-state index in [-0.39, 0.29) is 0 Å². The van der Waals surface area contributed by atoms with Crippen molar-refractivity contribution in [2.24, 2.45) is 0 Å². The zero-order valence-corrected chi connectivity index (χ0v) is 16.1. The third-order valence-electron chi connectivity index (χ3n) is 4.86. The smallest absolute Gasteiger partial charge is 0.120 e. The summed E-state index contributed by atoms with van der Waals surface area (Å²) < 4.78 is 5.98. The summed E-state index contributed by atoms with van der Waals surface area (Å²) in [5.74, 6) is 1.92. The van der Waals surface area contributed by atoms with E-state index in [1.54, 1.807) is 0 Å². The van der Waals surface area contributed by atoms with Gasteiger partial charge in [-0.1, -0.05) is 48.5 Å². The van der Waals surface area contributed by atoms with Crippen LogP contribution >= 0.6 is 0 Å². The molecule has 0 saturated carbocycles. The molecule has 0 saturated heterocycles. The van der Waals surface area contributed by atoms with Crippen molar-refractivity contribution in [2.45, 2.75) is 26.5 Å². The fraction of sp³-hybridized carbons (Fsp3) is 0.208. The predicted octanol–water partition coefficient (Wildman–Crippen LogP) is 4.78. The largest absolute Gasteiger partial charge is 0.489 e. The van der Waals surface area contributed by atoms with Crippen LogP contribution in [0.1, 0.15) is 22.5 Å². The van der Waals surface area contributed by atoms with Crippen LogP contribution in [-0.4, -0.2) is 16.5 Å². The number of nitrogens with one attached hydrogen (secondary N) is 2. The second-order valence-electron chi connectivity index (χ2n) is 6.99. The molecule has 2 N–H and O–H groups in total. The number of benzene rings is 3. The number of aromatic amines is 1. The summed E-state index contributed by atoms with van der Waals surface area (Å²) in [6.07, 6.45) is 0.873. The van der Waals surface area contributed by atoms with Crippen LogP contribution in [0.25, 0.3) is 11.0 Å². The second kappa shape index (κ2) is 8.72. The molecule has 0 spiro atoms. The van der Waals surface area contributed by atoms with E-state index in [4.69, 9.17) is 4.74 Å². The number of H-pyrrole nitrogens is 1. The molecular weight excluding hydrogens is 346 g/mol. The number of aromatic nitrogens is 2. The number of hydrogen-bond donors (Lipinski definition) is 2. The lowest BCUT2D eigenvalue weighted by molar-refractivity contribution is 0.305. The maximum atomic E-state index is 5.98. The van der Waals surface area contributed by atoms with Crippen LogP contribution in [0.2, 0.25) is 0 Å². The molecule has 4 aromatic rings. The minimum absolute atomic E-state index is 0.593. The summed E-state index contributed by atoms with van der Waals surface area (Å²) in [5.41, 5.74) is 5.81. The summed E-state index contributed by atoms with van der Waals surface area (Å²) in [7, 11) is 0. The topological polar surface area (TPSA) is 49.9 Å². The summed E-state index contributed by atoms with van der Waals surface area (Å²) in [6, 6.07) is 24.7. The predicted molar refractivity (Wildman–Crippen MR) is 113 cm³/mol. The maximum absolute atomic E-state index is 5.98. The number of fused-ring (bicyclic) bond motifs is 1. The van der Waals surface area contributed by atoms with Gasteiger partial charge in [0.1, 0.15) is 18.2 Å². The van der Waals surface area contributed by atoms with Gasteiger partial charge in [-0.25, -0.2) is 4.98 Å². The Bertz CT molecular complexity index is 1020. The highest BCUT2D eigenvalue weighted by Crippen LogP contribution is 2.17. The van der Waals surface area contributed by atoms with Crippen molar-refractivity contribution in [3.05, 3.63) is 95.3 Å². The quantitative estimate of drug-likeness (QED) is 0.438. The van der Waals surface area contributed by atoms with Gasteiger partial charge in [0.05, 0.1) is 11.0 Å². The fourth-order valence-electron chi connectivity index (χ4n) is 3.24. The Hall–Kier alpha value is -3.11. The Morgan fingerprint density at radius 2 is 1.82 bits per heavy atom. The van der Waals surface area contributed by atoms with E-state index >= 15 is 0 Å². The van der Waals surface area contributed by atoms with Crippen LogP contribution in [0, 0.1) is 6.92 Å². The molecule has 28 heavy (non-hydrogen) atoms. The molecular formula is C24H25N3O. The van der Waals surface area contributed by atoms with Gasteiger partial charge < -0.3 is 15.0 Å². The zero-order valence-electron chi connectivity index (χ0n) is 16.1. The first kappa shape index (κ1) is 18.3. The number of rotatable bonds is 8. The number of aryl methyl sites for hydroxylation is 1. The van der Waals surface area contributed by atoms with E-state index in [1.807, 2.05) is 36.4 Å². The number of nitrogens with zero attached hydrogens (tertiary/aromatic N) is 1. The zero-order chi connectivity index (χ0) is 19.2. The van der Waals surface area contributed by atoms with E-state index in [0.717, 1.165) is 42.1 Å². The molecule has 0 atom stereocenters. The van der Waals surface area contributed by atoms with Crippen molar-refractivity contribution < 1.29 is 4.74 Å². The highest BCUT2D eigenvalue weighted by molar-refractivity contribution is 5.74. The van der Waals surface area contributed by atoms with Crippen molar-refractivity contribution in [3.8, 4) is 5.75 Å². The van der Waals surface area contributed by atoms with E-state index in [1.165, 1.54) is 16.7 Å². The first-order valence-electron chi connectivity index (χ1n) is 9.68. The van der Waals surface area contributed by atoms with Crippen LogP contribution in [0.4, 0.5) is 0 Å². The standard InChI is InChI=1S/C24H25N3O/c1-18-7-2-3-9-20(18)17-28-21-10-6-8-19(15-21)16-25-14-13-24-26-22-11-4-5-12-23(22)27-24/h2-12,15,25H,13-14,16-17H2,1H3,(H,26,27). The molecule has 4 nitrogen and oxygen atoms in total. The average molecular weight is 371 g/mol. The average Bonchev–Trinajstić information content (AvgIpc) is 3.14. The lowest BCUT2D eigenvalue weighted by Crippen LogP contribution is -2.17. The van der Waals surface area contributed by atoms with E-state index in [0.29, 0.717) is 6.61 Å². The van der Waals surface area contributed by atoms with E-state index in [9.17, 15) is 0 Å². The van der Waals surface area contributed by atoms with Crippen molar-refractivity contribution in [1.29, 1.82) is 0 Å².